The minimum absolute atomic E-state index is 0.0491. The minimum atomic E-state index is -3.26. The summed E-state index contributed by atoms with van der Waals surface area (Å²) in [7, 11) is -1.25. The number of benzene rings is 1. The van der Waals surface area contributed by atoms with Gasteiger partial charge in [0, 0.05) is 19.1 Å². The van der Waals surface area contributed by atoms with E-state index < -0.39 is 10.0 Å². The molecule has 0 bridgehead atoms. The Morgan fingerprint density at radius 3 is 2.48 bits per heavy atom. The van der Waals surface area contributed by atoms with E-state index in [1.807, 2.05) is 31.3 Å². The Hall–Kier alpha value is -0.950. The van der Waals surface area contributed by atoms with Crippen molar-refractivity contribution < 1.29 is 8.42 Å². The molecule has 1 aromatic carbocycles. The number of rotatable bonds is 7. The lowest BCUT2D eigenvalue weighted by molar-refractivity contribution is 0.407. The highest BCUT2D eigenvalue weighted by atomic mass is 32.2. The van der Waals surface area contributed by atoms with Crippen LogP contribution in [0.5, 0.6) is 0 Å². The van der Waals surface area contributed by atoms with E-state index in [1.54, 1.807) is 0 Å². The van der Waals surface area contributed by atoms with Crippen LogP contribution in [0.1, 0.15) is 24.5 Å². The first-order chi connectivity index (χ1) is 9.98. The van der Waals surface area contributed by atoms with Crippen LogP contribution >= 0.6 is 0 Å². The fourth-order valence-corrected chi connectivity index (χ4v) is 3.98. The molecule has 0 aliphatic carbocycles. The average molecular weight is 311 g/mol. The lowest BCUT2D eigenvalue weighted by Gasteiger charge is -2.13. The second-order valence-electron chi connectivity index (χ2n) is 5.72. The van der Waals surface area contributed by atoms with E-state index in [9.17, 15) is 8.42 Å². The number of sulfonamides is 1. The van der Waals surface area contributed by atoms with Crippen LogP contribution in [0.4, 0.5) is 0 Å². The molecule has 1 fully saturated rings. The van der Waals surface area contributed by atoms with Gasteiger partial charge in [-0.2, -0.15) is 0 Å². The smallest absolute Gasteiger partial charge is 0.216 e. The van der Waals surface area contributed by atoms with Gasteiger partial charge in [0.15, 0.2) is 0 Å². The van der Waals surface area contributed by atoms with Crippen molar-refractivity contribution in [3.63, 3.8) is 0 Å². The van der Waals surface area contributed by atoms with Crippen molar-refractivity contribution in [1.29, 1.82) is 0 Å². The van der Waals surface area contributed by atoms with Gasteiger partial charge in [-0.25, -0.2) is 13.1 Å². The van der Waals surface area contributed by atoms with E-state index in [1.165, 1.54) is 5.56 Å². The summed E-state index contributed by atoms with van der Waals surface area (Å²) in [6, 6.07) is 7.81. The first-order valence-electron chi connectivity index (χ1n) is 7.45. The van der Waals surface area contributed by atoms with Crippen LogP contribution < -0.4 is 10.0 Å². The van der Waals surface area contributed by atoms with E-state index in [2.05, 4.69) is 21.9 Å². The first-order valence-corrected chi connectivity index (χ1v) is 9.11. The van der Waals surface area contributed by atoms with Crippen molar-refractivity contribution in [3.8, 4) is 0 Å². The molecule has 1 aliphatic heterocycles. The molecule has 0 saturated carbocycles. The molecule has 2 rings (SSSR count). The van der Waals surface area contributed by atoms with Gasteiger partial charge in [0.25, 0.3) is 0 Å². The lowest BCUT2D eigenvalue weighted by Crippen LogP contribution is -2.37. The van der Waals surface area contributed by atoms with Crippen molar-refractivity contribution in [2.75, 3.05) is 26.7 Å². The minimum Gasteiger partial charge on any atom is -0.313 e. The summed E-state index contributed by atoms with van der Waals surface area (Å²) in [6.45, 7) is 5.55. The van der Waals surface area contributed by atoms with Crippen LogP contribution in [-0.2, 0) is 22.3 Å². The molecule has 0 radical (unpaired) electrons. The molecule has 1 aromatic rings. The van der Waals surface area contributed by atoms with Crippen LogP contribution in [0, 0.1) is 0 Å². The summed E-state index contributed by atoms with van der Waals surface area (Å²) >= 11 is 0. The van der Waals surface area contributed by atoms with Crippen LogP contribution in [0.25, 0.3) is 0 Å². The van der Waals surface area contributed by atoms with Crippen molar-refractivity contribution in [3.05, 3.63) is 35.4 Å². The van der Waals surface area contributed by atoms with E-state index in [4.69, 9.17) is 0 Å². The van der Waals surface area contributed by atoms with E-state index in [-0.39, 0.29) is 11.8 Å². The molecule has 118 valence electrons. The number of likely N-dealkylation sites (N-methyl/N-ethyl adjacent to an activating group) is 1. The van der Waals surface area contributed by atoms with Gasteiger partial charge in [-0.15, -0.1) is 0 Å². The maximum atomic E-state index is 12.2. The maximum Gasteiger partial charge on any atom is 0.216 e. The summed E-state index contributed by atoms with van der Waals surface area (Å²) in [5.74, 6) is 0.0503. The van der Waals surface area contributed by atoms with E-state index in [0.717, 1.165) is 38.2 Å². The molecule has 21 heavy (non-hydrogen) atoms. The summed E-state index contributed by atoms with van der Waals surface area (Å²) < 4.78 is 27.2. The highest BCUT2D eigenvalue weighted by molar-refractivity contribution is 7.88. The molecule has 0 aromatic heterocycles. The molecule has 0 amide bonds. The Labute approximate surface area is 127 Å². The van der Waals surface area contributed by atoms with Gasteiger partial charge in [-0.3, -0.25) is 0 Å². The van der Waals surface area contributed by atoms with Crippen LogP contribution in [0.15, 0.2) is 24.3 Å². The highest BCUT2D eigenvalue weighted by Crippen LogP contribution is 2.11. The molecular weight excluding hydrogens is 286 g/mol. The number of hydrogen-bond acceptors (Lipinski definition) is 4. The monoisotopic (exact) mass is 311 g/mol. The summed E-state index contributed by atoms with van der Waals surface area (Å²) in [4.78, 5) is 2.14. The van der Waals surface area contributed by atoms with Gasteiger partial charge in [0.1, 0.15) is 0 Å². The fourth-order valence-electron chi connectivity index (χ4n) is 2.57. The summed E-state index contributed by atoms with van der Waals surface area (Å²) in [6.07, 6.45) is 0.886. The lowest BCUT2D eigenvalue weighted by atomic mass is 10.1. The number of nitrogens with zero attached hydrogens (tertiary/aromatic N) is 1. The largest absolute Gasteiger partial charge is 0.313 e. The van der Waals surface area contributed by atoms with Gasteiger partial charge in [0.05, 0.1) is 5.75 Å². The molecule has 5 nitrogen and oxygen atoms in total. The summed E-state index contributed by atoms with van der Waals surface area (Å²) in [5, 5.41) is 3.25. The van der Waals surface area contributed by atoms with E-state index >= 15 is 0 Å². The second-order valence-corrected chi connectivity index (χ2v) is 7.48. The molecule has 1 aliphatic rings. The van der Waals surface area contributed by atoms with E-state index in [0.29, 0.717) is 0 Å². The molecule has 1 heterocycles. The zero-order valence-corrected chi connectivity index (χ0v) is 13.6. The van der Waals surface area contributed by atoms with Crippen LogP contribution in [0.3, 0.4) is 0 Å². The van der Waals surface area contributed by atoms with Crippen molar-refractivity contribution >= 4 is 10.0 Å². The number of nitrogens with one attached hydrogen (secondary N) is 2. The molecule has 1 saturated heterocycles. The first kappa shape index (κ1) is 16.4. The zero-order chi connectivity index (χ0) is 15.3. The average Bonchev–Trinajstić information content (AvgIpc) is 2.82. The standard InChI is InChI=1S/C15H25N3O2S/c1-3-16-10-13-4-6-14(7-5-13)12-21(19,20)17-15-8-9-18(2)11-15/h4-7,15-17H,3,8-12H2,1-2H3. The van der Waals surface area contributed by atoms with Gasteiger partial charge in [0.2, 0.25) is 10.0 Å². The Bertz CT molecular complexity index is 543. The predicted octanol–water partition coefficient (Wildman–Crippen LogP) is 0.920. The Morgan fingerprint density at radius 2 is 1.90 bits per heavy atom. The van der Waals surface area contributed by atoms with Gasteiger partial charge >= 0.3 is 0 Å². The van der Waals surface area contributed by atoms with Crippen molar-refractivity contribution in [2.24, 2.45) is 0 Å². The SMILES string of the molecule is CCNCc1ccc(CS(=O)(=O)NC2CCN(C)C2)cc1. The van der Waals surface area contributed by atoms with Gasteiger partial charge in [-0.05, 0) is 37.7 Å². The van der Waals surface area contributed by atoms with Crippen molar-refractivity contribution in [2.45, 2.75) is 31.7 Å². The van der Waals surface area contributed by atoms with Gasteiger partial charge < -0.3 is 10.2 Å². The number of hydrogen-bond donors (Lipinski definition) is 2. The van der Waals surface area contributed by atoms with Gasteiger partial charge in [-0.1, -0.05) is 31.2 Å². The molecule has 1 unspecified atom stereocenters. The third kappa shape index (κ3) is 5.39. The molecule has 0 spiro atoms. The second kappa shape index (κ2) is 7.35. The summed E-state index contributed by atoms with van der Waals surface area (Å²) in [5.41, 5.74) is 2.00. The van der Waals surface area contributed by atoms with Crippen LogP contribution in [-0.4, -0.2) is 46.0 Å². The molecule has 6 heteroatoms. The predicted molar refractivity (Wildman–Crippen MR) is 85.5 cm³/mol. The molecular formula is C15H25N3O2S. The Kier molecular flexibility index (Phi) is 5.75. The molecule has 2 N–H and O–H groups in total. The topological polar surface area (TPSA) is 61.4 Å². The molecule has 1 atom stereocenters. The number of likely N-dealkylation sites (tertiary alicyclic amines) is 1. The van der Waals surface area contributed by atoms with Crippen LogP contribution in [0.2, 0.25) is 0 Å². The quantitative estimate of drug-likeness (QED) is 0.786. The maximum absolute atomic E-state index is 12.2. The third-order valence-corrected chi connectivity index (χ3v) is 5.10. The Balaban J connectivity index is 1.90. The Morgan fingerprint density at radius 1 is 1.24 bits per heavy atom. The fraction of sp³-hybridized carbons (Fsp3) is 0.600. The third-order valence-electron chi connectivity index (χ3n) is 3.70. The normalized spacial score (nSPS) is 20.0. The zero-order valence-electron chi connectivity index (χ0n) is 12.8. The van der Waals surface area contributed by atoms with Crippen molar-refractivity contribution in [1.82, 2.24) is 14.9 Å². The highest BCUT2D eigenvalue weighted by Gasteiger charge is 2.24.